The number of nitrogens with zero attached hydrogens (tertiary/aromatic N) is 1. The Hall–Kier alpha value is -5.62. The first-order valence-corrected chi connectivity index (χ1v) is 13.6. The van der Waals surface area contributed by atoms with Crippen LogP contribution in [0.3, 0.4) is 0 Å². The number of nitrogens with one attached hydrogen (secondary N) is 3. The molecule has 0 fully saturated rings. The van der Waals surface area contributed by atoms with Crippen LogP contribution < -0.4 is 16.2 Å². The number of aromatic nitrogens is 2. The average molecular weight is 599 g/mol. The molecule has 0 spiro atoms. The maximum atomic E-state index is 13.1. The minimum Gasteiger partial charge on any atom is -0.458 e. The summed E-state index contributed by atoms with van der Waals surface area (Å²) in [5.41, 5.74) is 1.14. The topological polar surface area (TPSA) is 177 Å². The van der Waals surface area contributed by atoms with Crippen LogP contribution in [0.1, 0.15) is 50.6 Å². The maximum absolute atomic E-state index is 13.1. The van der Waals surface area contributed by atoms with Crippen LogP contribution in [0.2, 0.25) is 0 Å². The Kier molecular flexibility index (Phi) is 10.7. The zero-order valence-electron chi connectivity index (χ0n) is 23.6. The van der Waals surface area contributed by atoms with Gasteiger partial charge in [0.1, 0.15) is 12.2 Å². The van der Waals surface area contributed by atoms with Crippen LogP contribution in [0.15, 0.2) is 102 Å². The van der Waals surface area contributed by atoms with Crippen molar-refractivity contribution in [3.63, 3.8) is 0 Å². The lowest BCUT2D eigenvalue weighted by Gasteiger charge is -2.19. The molecule has 4 N–H and O–H groups in total. The van der Waals surface area contributed by atoms with Crippen molar-refractivity contribution < 1.29 is 33.8 Å². The summed E-state index contributed by atoms with van der Waals surface area (Å²) in [4.78, 5) is 68.7. The minimum absolute atomic E-state index is 0.0214. The number of ether oxygens (including phenoxy) is 2. The fraction of sp³-hybridized carbons (Fsp3) is 0.188. The molecule has 2 amide bonds. The molecule has 0 aliphatic rings. The number of aliphatic hydroxyl groups excluding tert-OH is 1. The average Bonchev–Trinajstić information content (AvgIpc) is 3.05. The summed E-state index contributed by atoms with van der Waals surface area (Å²) in [6.07, 6.45) is -2.17. The lowest BCUT2D eigenvalue weighted by molar-refractivity contribution is -0.172. The van der Waals surface area contributed by atoms with Crippen LogP contribution in [0, 0.1) is 0 Å². The normalized spacial score (nSPS) is 12.1. The second kappa shape index (κ2) is 15.0. The fourth-order valence-electron chi connectivity index (χ4n) is 4.03. The molecule has 0 aliphatic heterocycles. The number of H-pyrrole nitrogens is 1. The lowest BCUT2D eigenvalue weighted by Crippen LogP contribution is -2.41. The number of amides is 2. The van der Waals surface area contributed by atoms with Gasteiger partial charge in [-0.15, -0.1) is 0 Å². The number of aliphatic hydroxyl groups is 1. The quantitative estimate of drug-likeness (QED) is 0.178. The third kappa shape index (κ3) is 8.46. The van der Waals surface area contributed by atoms with E-state index in [0.717, 1.165) is 22.9 Å². The van der Waals surface area contributed by atoms with Gasteiger partial charge >= 0.3 is 11.9 Å². The van der Waals surface area contributed by atoms with Crippen molar-refractivity contribution in [1.29, 1.82) is 0 Å². The molecule has 4 aromatic rings. The highest BCUT2D eigenvalue weighted by molar-refractivity contribution is 5.95. The molecule has 0 saturated carbocycles. The van der Waals surface area contributed by atoms with Crippen LogP contribution in [0.25, 0.3) is 0 Å². The molecular weight excluding hydrogens is 568 g/mol. The van der Waals surface area contributed by atoms with Gasteiger partial charge in [0.2, 0.25) is 0 Å². The van der Waals surface area contributed by atoms with Crippen molar-refractivity contribution in [2.75, 3.05) is 6.54 Å². The number of rotatable bonds is 12. The predicted molar refractivity (Wildman–Crippen MR) is 157 cm³/mol. The summed E-state index contributed by atoms with van der Waals surface area (Å²) in [5.74, 6) is -4.08. The number of aromatic amines is 1. The van der Waals surface area contributed by atoms with E-state index in [1.165, 1.54) is 6.92 Å². The van der Waals surface area contributed by atoms with Gasteiger partial charge in [-0.05, 0) is 23.6 Å². The molecule has 0 radical (unpaired) electrons. The first kappa shape index (κ1) is 31.3. The first-order valence-electron chi connectivity index (χ1n) is 13.6. The van der Waals surface area contributed by atoms with Crippen LogP contribution in [-0.4, -0.2) is 57.6 Å². The largest absolute Gasteiger partial charge is 0.458 e. The molecule has 4 rings (SSSR count). The molecule has 1 unspecified atom stereocenters. The maximum Gasteiger partial charge on any atom is 0.347 e. The van der Waals surface area contributed by atoms with Gasteiger partial charge in [0.05, 0.1) is 12.6 Å². The highest BCUT2D eigenvalue weighted by atomic mass is 16.6. The summed E-state index contributed by atoms with van der Waals surface area (Å²) >= 11 is 0. The van der Waals surface area contributed by atoms with Crippen molar-refractivity contribution in [1.82, 2.24) is 20.6 Å². The van der Waals surface area contributed by atoms with Gasteiger partial charge < -0.3 is 30.2 Å². The number of carbonyl (C=O) groups is 4. The molecule has 12 nitrogen and oxygen atoms in total. The lowest BCUT2D eigenvalue weighted by atomic mass is 9.98. The molecule has 0 aliphatic carbocycles. The molecule has 3 aromatic carbocycles. The molecular formula is C32H30N4O8. The van der Waals surface area contributed by atoms with E-state index in [1.807, 2.05) is 66.7 Å². The second-order valence-corrected chi connectivity index (χ2v) is 9.60. The van der Waals surface area contributed by atoms with Gasteiger partial charge in [0.25, 0.3) is 17.4 Å². The molecule has 1 aromatic heterocycles. The highest BCUT2D eigenvalue weighted by Gasteiger charge is 2.26. The molecule has 0 bridgehead atoms. The van der Waals surface area contributed by atoms with Crippen molar-refractivity contribution >= 4 is 23.8 Å². The Morgan fingerprint density at radius 3 is 1.98 bits per heavy atom. The van der Waals surface area contributed by atoms with E-state index >= 15 is 0 Å². The van der Waals surface area contributed by atoms with E-state index in [9.17, 15) is 29.1 Å². The van der Waals surface area contributed by atoms with E-state index in [1.54, 1.807) is 24.3 Å². The Balaban J connectivity index is 1.31. The highest BCUT2D eigenvalue weighted by Crippen LogP contribution is 2.22. The van der Waals surface area contributed by atoms with Crippen LogP contribution >= 0.6 is 0 Å². The number of esters is 2. The number of benzene rings is 3. The number of hydrogen-bond acceptors (Lipinski definition) is 9. The summed E-state index contributed by atoms with van der Waals surface area (Å²) in [6.45, 7) is 0.655. The Morgan fingerprint density at radius 1 is 0.841 bits per heavy atom. The molecule has 1 heterocycles. The Bertz CT molecular complexity index is 1610. The third-order valence-electron chi connectivity index (χ3n) is 6.38. The van der Waals surface area contributed by atoms with E-state index in [-0.39, 0.29) is 12.2 Å². The van der Waals surface area contributed by atoms with E-state index in [0.29, 0.717) is 0 Å². The summed E-state index contributed by atoms with van der Waals surface area (Å²) < 4.78 is 10.0. The van der Waals surface area contributed by atoms with Gasteiger partial charge in [-0.3, -0.25) is 14.4 Å². The van der Waals surface area contributed by atoms with Crippen molar-refractivity contribution in [2.45, 2.75) is 31.8 Å². The van der Waals surface area contributed by atoms with Gasteiger partial charge in [-0.2, -0.15) is 0 Å². The van der Waals surface area contributed by atoms with E-state index < -0.39 is 59.9 Å². The van der Waals surface area contributed by atoms with E-state index in [4.69, 9.17) is 9.47 Å². The second-order valence-electron chi connectivity index (χ2n) is 9.60. The monoisotopic (exact) mass is 598 g/mol. The zero-order chi connectivity index (χ0) is 31.5. The van der Waals surface area contributed by atoms with Crippen LogP contribution in [0.5, 0.6) is 0 Å². The number of carbonyl (C=O) groups excluding carboxylic acids is 4. The predicted octanol–water partition coefficient (Wildman–Crippen LogP) is 2.06. The molecule has 226 valence electrons. The Labute approximate surface area is 252 Å². The van der Waals surface area contributed by atoms with Gasteiger partial charge in [0, 0.05) is 6.20 Å². The minimum atomic E-state index is -1.83. The van der Waals surface area contributed by atoms with Crippen LogP contribution in [-0.2, 0) is 25.7 Å². The fourth-order valence-corrected chi connectivity index (χ4v) is 4.03. The molecule has 0 saturated heterocycles. The molecule has 2 atom stereocenters. The van der Waals surface area contributed by atoms with Gasteiger partial charge in [-0.1, -0.05) is 91.0 Å². The first-order chi connectivity index (χ1) is 21.2. The number of hydrogen-bond donors (Lipinski definition) is 4. The smallest absolute Gasteiger partial charge is 0.347 e. The Morgan fingerprint density at radius 2 is 1.41 bits per heavy atom. The van der Waals surface area contributed by atoms with Gasteiger partial charge in [0.15, 0.2) is 18.0 Å². The van der Waals surface area contributed by atoms with Crippen LogP contribution in [0.4, 0.5) is 0 Å². The summed E-state index contributed by atoms with van der Waals surface area (Å²) in [7, 11) is 0. The van der Waals surface area contributed by atoms with Crippen molar-refractivity contribution in [3.8, 4) is 0 Å². The SMILES string of the molecule is C[C@@H](OC(=O)C(O)CNC(=O)c1ncc(C(=O)NC(c2ccccc2)c2ccccc2)c(=O)[nH]1)C(=O)OCc1ccccc1. The molecule has 12 heteroatoms. The molecule has 44 heavy (non-hydrogen) atoms. The third-order valence-corrected chi connectivity index (χ3v) is 6.38. The van der Waals surface area contributed by atoms with Crippen molar-refractivity contribution in [3.05, 3.63) is 136 Å². The standard InChI is InChI=1S/C32H30N4O8/c1-20(31(41)43-19-21-11-5-2-6-12-21)44-32(42)25(37)18-34-30(40)27-33-17-24(29(39)36-27)28(38)35-26(22-13-7-3-8-14-22)23-15-9-4-10-16-23/h2-17,20,25-26,37H,18-19H2,1H3,(H,34,40)(H,35,38)(H,33,36,39)/t20-,25?/m1/s1. The summed E-state index contributed by atoms with van der Waals surface area (Å²) in [6, 6.07) is 26.7. The summed E-state index contributed by atoms with van der Waals surface area (Å²) in [5, 5.41) is 15.2. The van der Waals surface area contributed by atoms with Gasteiger partial charge in [-0.25, -0.2) is 14.6 Å². The van der Waals surface area contributed by atoms with Crippen molar-refractivity contribution in [2.24, 2.45) is 0 Å². The van der Waals surface area contributed by atoms with E-state index in [2.05, 4.69) is 20.6 Å². The zero-order valence-corrected chi connectivity index (χ0v) is 23.6.